The number of carbonyl (C=O) groups excluding carboxylic acids is 1. The van der Waals surface area contributed by atoms with Crippen LogP contribution in [0, 0.1) is 0 Å². The molecule has 1 atom stereocenters. The van der Waals surface area contributed by atoms with Crippen molar-refractivity contribution in [2.24, 2.45) is 0 Å². The number of nitrogens with one attached hydrogen (secondary N) is 3. The second-order valence-corrected chi connectivity index (χ2v) is 6.94. The molecule has 28 heavy (non-hydrogen) atoms. The van der Waals surface area contributed by atoms with Gasteiger partial charge in [-0.3, -0.25) is 4.79 Å². The Kier molecular flexibility index (Phi) is 6.06. The van der Waals surface area contributed by atoms with Crippen molar-refractivity contribution < 1.29 is 14.3 Å². The Hall–Kier alpha value is -2.77. The van der Waals surface area contributed by atoms with E-state index in [0.717, 1.165) is 5.56 Å². The normalized spacial score (nSPS) is 16.1. The summed E-state index contributed by atoms with van der Waals surface area (Å²) in [6.07, 6.45) is 0. The molecule has 0 saturated heterocycles. The average Bonchev–Trinajstić information content (AvgIpc) is 2.67. The van der Waals surface area contributed by atoms with Gasteiger partial charge < -0.3 is 25.4 Å². The third-order valence-electron chi connectivity index (χ3n) is 4.33. The van der Waals surface area contributed by atoms with E-state index in [4.69, 9.17) is 33.3 Å². The number of benzene rings is 2. The van der Waals surface area contributed by atoms with Crippen molar-refractivity contribution in [1.82, 2.24) is 10.6 Å². The quantitative estimate of drug-likeness (QED) is 0.643. The summed E-state index contributed by atoms with van der Waals surface area (Å²) in [6, 6.07) is 12.3. The molecule has 0 radical (unpaired) electrons. The van der Waals surface area contributed by atoms with E-state index in [1.165, 1.54) is 14.2 Å². The molecule has 1 amide bonds. The van der Waals surface area contributed by atoms with E-state index in [2.05, 4.69) is 16.0 Å². The lowest BCUT2D eigenvalue weighted by Crippen LogP contribution is -2.45. The van der Waals surface area contributed by atoms with Crippen LogP contribution in [-0.2, 0) is 4.79 Å². The molecule has 8 heteroatoms. The van der Waals surface area contributed by atoms with Crippen LogP contribution in [0.15, 0.2) is 53.7 Å². The molecule has 3 rings (SSSR count). The average molecular weight is 418 g/mol. The molecule has 1 aliphatic rings. The van der Waals surface area contributed by atoms with E-state index in [1.54, 1.807) is 12.1 Å². The molecule has 1 aliphatic heterocycles. The minimum Gasteiger partial charge on any atom is -0.493 e. The van der Waals surface area contributed by atoms with Gasteiger partial charge in [-0.25, -0.2) is 0 Å². The number of anilines is 1. The lowest BCUT2D eigenvalue weighted by atomic mass is 9.94. The summed E-state index contributed by atoms with van der Waals surface area (Å²) >= 11 is 11.7. The van der Waals surface area contributed by atoms with Gasteiger partial charge in [-0.1, -0.05) is 29.8 Å². The van der Waals surface area contributed by atoms with Crippen LogP contribution >= 0.6 is 23.8 Å². The van der Waals surface area contributed by atoms with Crippen LogP contribution in [0.5, 0.6) is 11.5 Å². The highest BCUT2D eigenvalue weighted by Gasteiger charge is 2.31. The lowest BCUT2D eigenvalue weighted by molar-refractivity contribution is -0.113. The van der Waals surface area contributed by atoms with Crippen LogP contribution in [0.25, 0.3) is 0 Å². The fourth-order valence-corrected chi connectivity index (χ4v) is 3.64. The van der Waals surface area contributed by atoms with Crippen molar-refractivity contribution in [2.45, 2.75) is 13.0 Å². The van der Waals surface area contributed by atoms with Gasteiger partial charge in [0.15, 0.2) is 16.6 Å². The second-order valence-electron chi connectivity index (χ2n) is 6.13. The number of thiocarbonyl (C=S) groups is 1. The topological polar surface area (TPSA) is 71.6 Å². The smallest absolute Gasteiger partial charge is 0.255 e. The lowest BCUT2D eigenvalue weighted by Gasteiger charge is -2.31. The van der Waals surface area contributed by atoms with Crippen LogP contribution in [-0.4, -0.2) is 25.2 Å². The maximum atomic E-state index is 13.0. The number of ether oxygens (including phenoxy) is 2. The van der Waals surface area contributed by atoms with Gasteiger partial charge in [0.05, 0.1) is 30.9 Å². The SMILES string of the molecule is COc1cc([C@@H]2NC(=S)NC(C)=C2C(=O)Nc2ccccc2)cc(Cl)c1OC. The standard InChI is InChI=1S/C20H20ClN3O3S/c1-11-16(19(25)23-13-7-5-4-6-8-13)17(24-20(28)22-11)12-9-14(21)18(27-3)15(10-12)26-2/h4-10,17H,1-3H3,(H,23,25)(H2,22,24,28)/t17-/m0/s1. The van der Waals surface area contributed by atoms with Gasteiger partial charge in [-0.2, -0.15) is 0 Å². The maximum Gasteiger partial charge on any atom is 0.255 e. The number of para-hydroxylation sites is 1. The molecule has 2 aromatic carbocycles. The highest BCUT2D eigenvalue weighted by Crippen LogP contribution is 2.39. The minimum absolute atomic E-state index is 0.248. The number of hydrogen-bond donors (Lipinski definition) is 3. The number of rotatable bonds is 5. The Balaban J connectivity index is 2.02. The van der Waals surface area contributed by atoms with Crippen LogP contribution in [0.2, 0.25) is 5.02 Å². The Morgan fingerprint density at radius 2 is 1.89 bits per heavy atom. The molecule has 0 saturated carbocycles. The maximum absolute atomic E-state index is 13.0. The molecule has 0 fully saturated rings. The monoisotopic (exact) mass is 417 g/mol. The zero-order chi connectivity index (χ0) is 20.3. The molecule has 1 heterocycles. The van der Waals surface area contributed by atoms with Crippen molar-refractivity contribution in [2.75, 3.05) is 19.5 Å². The summed E-state index contributed by atoms with van der Waals surface area (Å²) in [7, 11) is 3.05. The molecular weight excluding hydrogens is 398 g/mol. The van der Waals surface area contributed by atoms with Gasteiger partial charge in [0, 0.05) is 11.4 Å². The highest BCUT2D eigenvalue weighted by atomic mass is 35.5. The van der Waals surface area contributed by atoms with Crippen molar-refractivity contribution in [3.05, 3.63) is 64.3 Å². The van der Waals surface area contributed by atoms with Crippen molar-refractivity contribution >= 4 is 40.5 Å². The summed E-state index contributed by atoms with van der Waals surface area (Å²) in [5.74, 6) is 0.652. The first-order chi connectivity index (χ1) is 13.4. The number of allylic oxidation sites excluding steroid dienone is 1. The molecule has 2 aromatic rings. The zero-order valence-corrected chi connectivity index (χ0v) is 17.2. The molecule has 6 nitrogen and oxygen atoms in total. The number of carbonyl (C=O) groups is 1. The zero-order valence-electron chi connectivity index (χ0n) is 15.6. The fraction of sp³-hybridized carbons (Fsp3) is 0.200. The molecule has 0 spiro atoms. The van der Waals surface area contributed by atoms with Crippen LogP contribution in [0.3, 0.4) is 0 Å². The Labute approximate surface area is 173 Å². The number of methoxy groups -OCH3 is 2. The van der Waals surface area contributed by atoms with E-state index in [1.807, 2.05) is 37.3 Å². The first kappa shape index (κ1) is 20.0. The van der Waals surface area contributed by atoms with E-state index >= 15 is 0 Å². The van der Waals surface area contributed by atoms with E-state index < -0.39 is 6.04 Å². The van der Waals surface area contributed by atoms with Crippen LogP contribution in [0.4, 0.5) is 5.69 Å². The van der Waals surface area contributed by atoms with Gasteiger partial charge in [0.25, 0.3) is 5.91 Å². The molecule has 0 unspecified atom stereocenters. The number of halogens is 1. The third kappa shape index (κ3) is 4.05. The predicted molar refractivity (Wildman–Crippen MR) is 114 cm³/mol. The number of amides is 1. The van der Waals surface area contributed by atoms with Crippen molar-refractivity contribution in [3.8, 4) is 11.5 Å². The van der Waals surface area contributed by atoms with Crippen molar-refractivity contribution in [3.63, 3.8) is 0 Å². The third-order valence-corrected chi connectivity index (χ3v) is 4.84. The summed E-state index contributed by atoms with van der Waals surface area (Å²) < 4.78 is 10.7. The number of hydrogen-bond acceptors (Lipinski definition) is 4. The fourth-order valence-electron chi connectivity index (χ4n) is 3.07. The molecule has 3 N–H and O–H groups in total. The van der Waals surface area contributed by atoms with Crippen LogP contribution < -0.4 is 25.4 Å². The largest absolute Gasteiger partial charge is 0.493 e. The van der Waals surface area contributed by atoms with Gasteiger partial charge >= 0.3 is 0 Å². The molecular formula is C20H20ClN3O3S. The van der Waals surface area contributed by atoms with E-state index in [-0.39, 0.29) is 5.91 Å². The summed E-state index contributed by atoms with van der Waals surface area (Å²) in [5, 5.41) is 9.87. The van der Waals surface area contributed by atoms with Gasteiger partial charge in [0.1, 0.15) is 0 Å². The molecule has 0 aliphatic carbocycles. The minimum atomic E-state index is -0.505. The van der Waals surface area contributed by atoms with Crippen LogP contribution in [0.1, 0.15) is 18.5 Å². The Morgan fingerprint density at radius 1 is 1.18 bits per heavy atom. The van der Waals surface area contributed by atoms with Gasteiger partial charge in [-0.15, -0.1) is 0 Å². The molecule has 0 bridgehead atoms. The summed E-state index contributed by atoms with van der Waals surface area (Å²) in [5.41, 5.74) is 2.59. The van der Waals surface area contributed by atoms with E-state index in [0.29, 0.717) is 38.6 Å². The Bertz CT molecular complexity index is 947. The Morgan fingerprint density at radius 3 is 2.54 bits per heavy atom. The predicted octanol–water partition coefficient (Wildman–Crippen LogP) is 3.79. The highest BCUT2D eigenvalue weighted by molar-refractivity contribution is 7.80. The van der Waals surface area contributed by atoms with Crippen molar-refractivity contribution in [1.29, 1.82) is 0 Å². The molecule has 0 aromatic heterocycles. The van der Waals surface area contributed by atoms with Gasteiger partial charge in [0.2, 0.25) is 0 Å². The van der Waals surface area contributed by atoms with E-state index in [9.17, 15) is 4.79 Å². The summed E-state index contributed by atoms with van der Waals surface area (Å²) in [6.45, 7) is 1.81. The van der Waals surface area contributed by atoms with Gasteiger partial charge in [-0.05, 0) is 49.0 Å². The first-order valence-electron chi connectivity index (χ1n) is 8.50. The molecule has 146 valence electrons. The second kappa shape index (κ2) is 8.50. The summed E-state index contributed by atoms with van der Waals surface area (Å²) in [4.78, 5) is 13.0. The first-order valence-corrected chi connectivity index (χ1v) is 9.29.